The van der Waals surface area contributed by atoms with Gasteiger partial charge in [0.1, 0.15) is 0 Å². The van der Waals surface area contributed by atoms with Gasteiger partial charge in [0.05, 0.1) is 6.10 Å². The summed E-state index contributed by atoms with van der Waals surface area (Å²) in [7, 11) is 1.81. The SMILES string of the molecule is CCC(CC(c1ccccc1)c1ccccc1)OC. The van der Waals surface area contributed by atoms with Crippen molar-refractivity contribution in [1.29, 1.82) is 0 Å². The van der Waals surface area contributed by atoms with E-state index < -0.39 is 0 Å². The third-order valence-corrected chi connectivity index (χ3v) is 3.69. The Morgan fingerprint density at radius 3 is 1.68 bits per heavy atom. The maximum Gasteiger partial charge on any atom is 0.0577 e. The van der Waals surface area contributed by atoms with Gasteiger partial charge in [0, 0.05) is 13.0 Å². The van der Waals surface area contributed by atoms with Crippen LogP contribution in [0, 0.1) is 0 Å². The molecule has 2 aromatic carbocycles. The van der Waals surface area contributed by atoms with Crippen molar-refractivity contribution in [3.05, 3.63) is 71.8 Å². The van der Waals surface area contributed by atoms with Gasteiger partial charge in [0.2, 0.25) is 0 Å². The molecule has 1 nitrogen and oxygen atoms in total. The van der Waals surface area contributed by atoms with E-state index in [2.05, 4.69) is 67.6 Å². The van der Waals surface area contributed by atoms with Crippen molar-refractivity contribution in [2.24, 2.45) is 0 Å². The Kier molecular flexibility index (Phi) is 5.17. The summed E-state index contributed by atoms with van der Waals surface area (Å²) in [5, 5.41) is 0. The molecule has 100 valence electrons. The summed E-state index contributed by atoms with van der Waals surface area (Å²) in [6.45, 7) is 2.18. The summed E-state index contributed by atoms with van der Waals surface area (Å²) >= 11 is 0. The van der Waals surface area contributed by atoms with Crippen molar-refractivity contribution < 1.29 is 4.74 Å². The lowest BCUT2D eigenvalue weighted by Gasteiger charge is -2.23. The average Bonchev–Trinajstić information content (AvgIpc) is 2.50. The van der Waals surface area contributed by atoms with Crippen molar-refractivity contribution in [2.75, 3.05) is 7.11 Å². The van der Waals surface area contributed by atoms with Crippen molar-refractivity contribution in [3.8, 4) is 0 Å². The topological polar surface area (TPSA) is 9.23 Å². The van der Waals surface area contributed by atoms with Crippen LogP contribution in [-0.4, -0.2) is 13.2 Å². The molecule has 0 fully saturated rings. The van der Waals surface area contributed by atoms with Gasteiger partial charge >= 0.3 is 0 Å². The first-order valence-corrected chi connectivity index (χ1v) is 6.97. The second-order valence-corrected chi connectivity index (χ2v) is 4.88. The minimum Gasteiger partial charge on any atom is -0.381 e. The lowest BCUT2D eigenvalue weighted by atomic mass is 9.86. The Bertz CT molecular complexity index is 420. The van der Waals surface area contributed by atoms with Crippen LogP contribution in [0.4, 0.5) is 0 Å². The van der Waals surface area contributed by atoms with Gasteiger partial charge < -0.3 is 4.74 Å². The van der Waals surface area contributed by atoms with Crippen LogP contribution in [0.2, 0.25) is 0 Å². The summed E-state index contributed by atoms with van der Waals surface area (Å²) in [6, 6.07) is 21.4. The van der Waals surface area contributed by atoms with Crippen molar-refractivity contribution in [2.45, 2.75) is 31.8 Å². The summed E-state index contributed by atoms with van der Waals surface area (Å²) in [5.74, 6) is 0.410. The van der Waals surface area contributed by atoms with E-state index in [1.807, 2.05) is 0 Å². The van der Waals surface area contributed by atoms with Crippen molar-refractivity contribution in [1.82, 2.24) is 0 Å². The molecular formula is C18H22O. The summed E-state index contributed by atoms with van der Waals surface area (Å²) in [5.41, 5.74) is 2.73. The molecule has 0 heterocycles. The van der Waals surface area contributed by atoms with Crippen LogP contribution in [0.3, 0.4) is 0 Å². The third kappa shape index (κ3) is 3.68. The van der Waals surface area contributed by atoms with Gasteiger partial charge in [-0.2, -0.15) is 0 Å². The molecule has 2 aromatic rings. The van der Waals surface area contributed by atoms with Gasteiger partial charge in [-0.3, -0.25) is 0 Å². The molecular weight excluding hydrogens is 232 g/mol. The van der Waals surface area contributed by atoms with E-state index in [0.29, 0.717) is 12.0 Å². The van der Waals surface area contributed by atoms with Crippen LogP contribution in [0.25, 0.3) is 0 Å². The molecule has 19 heavy (non-hydrogen) atoms. The largest absolute Gasteiger partial charge is 0.381 e. The molecule has 0 spiro atoms. The lowest BCUT2D eigenvalue weighted by molar-refractivity contribution is 0.0886. The standard InChI is InChI=1S/C18H22O/c1-3-17(19-2)14-18(15-10-6-4-7-11-15)16-12-8-5-9-13-16/h4-13,17-18H,3,14H2,1-2H3. The number of rotatable bonds is 6. The van der Waals surface area contributed by atoms with Gasteiger partial charge in [-0.15, -0.1) is 0 Å². The zero-order valence-electron chi connectivity index (χ0n) is 11.8. The van der Waals surface area contributed by atoms with E-state index >= 15 is 0 Å². The maximum atomic E-state index is 5.57. The maximum absolute atomic E-state index is 5.57. The first-order valence-electron chi connectivity index (χ1n) is 6.97. The van der Waals surface area contributed by atoms with Crippen LogP contribution < -0.4 is 0 Å². The van der Waals surface area contributed by atoms with E-state index in [0.717, 1.165) is 12.8 Å². The number of ether oxygens (including phenoxy) is 1. The molecule has 1 heteroatoms. The lowest BCUT2D eigenvalue weighted by Crippen LogP contribution is -2.15. The number of methoxy groups -OCH3 is 1. The van der Waals surface area contributed by atoms with Crippen LogP contribution in [0.15, 0.2) is 60.7 Å². The Morgan fingerprint density at radius 1 is 0.842 bits per heavy atom. The summed E-state index contributed by atoms with van der Waals surface area (Å²) in [6.07, 6.45) is 2.39. The van der Waals surface area contributed by atoms with Gasteiger partial charge in [0.25, 0.3) is 0 Å². The normalized spacial score (nSPS) is 12.6. The third-order valence-electron chi connectivity index (χ3n) is 3.69. The minimum absolute atomic E-state index is 0.311. The van der Waals surface area contributed by atoms with Crippen LogP contribution in [-0.2, 0) is 4.74 Å². The van der Waals surface area contributed by atoms with Gasteiger partial charge in [-0.05, 0) is 24.0 Å². The van der Waals surface area contributed by atoms with Crippen molar-refractivity contribution >= 4 is 0 Å². The zero-order valence-corrected chi connectivity index (χ0v) is 11.8. The van der Waals surface area contributed by atoms with Gasteiger partial charge in [-0.25, -0.2) is 0 Å². The molecule has 0 aliphatic rings. The second-order valence-electron chi connectivity index (χ2n) is 4.88. The second kappa shape index (κ2) is 7.10. The molecule has 0 saturated carbocycles. The van der Waals surface area contributed by atoms with E-state index in [4.69, 9.17) is 4.74 Å². The highest BCUT2D eigenvalue weighted by atomic mass is 16.5. The fourth-order valence-electron chi connectivity index (χ4n) is 2.53. The Hall–Kier alpha value is -1.60. The average molecular weight is 254 g/mol. The smallest absolute Gasteiger partial charge is 0.0577 e. The highest BCUT2D eigenvalue weighted by Crippen LogP contribution is 2.30. The quantitative estimate of drug-likeness (QED) is 0.730. The number of benzene rings is 2. The molecule has 1 unspecified atom stereocenters. The predicted molar refractivity (Wildman–Crippen MR) is 80.4 cm³/mol. The highest BCUT2D eigenvalue weighted by Gasteiger charge is 2.18. The van der Waals surface area contributed by atoms with Gasteiger partial charge in [0.15, 0.2) is 0 Å². The highest BCUT2D eigenvalue weighted by molar-refractivity contribution is 5.32. The monoisotopic (exact) mass is 254 g/mol. The first kappa shape index (κ1) is 13.8. The van der Waals surface area contributed by atoms with E-state index in [-0.39, 0.29) is 0 Å². The molecule has 0 bridgehead atoms. The zero-order chi connectivity index (χ0) is 13.5. The fraction of sp³-hybridized carbons (Fsp3) is 0.333. The molecule has 0 aliphatic heterocycles. The number of hydrogen-bond donors (Lipinski definition) is 0. The molecule has 0 aromatic heterocycles. The molecule has 0 amide bonds. The van der Waals surface area contributed by atoms with E-state index in [1.165, 1.54) is 11.1 Å². The molecule has 0 radical (unpaired) electrons. The van der Waals surface area contributed by atoms with Gasteiger partial charge in [-0.1, -0.05) is 67.6 Å². The Balaban J connectivity index is 2.29. The van der Waals surface area contributed by atoms with Crippen molar-refractivity contribution in [3.63, 3.8) is 0 Å². The fourth-order valence-corrected chi connectivity index (χ4v) is 2.53. The van der Waals surface area contributed by atoms with Crippen LogP contribution >= 0.6 is 0 Å². The van der Waals surface area contributed by atoms with Crippen LogP contribution in [0.5, 0.6) is 0 Å². The van der Waals surface area contributed by atoms with Crippen LogP contribution in [0.1, 0.15) is 36.8 Å². The minimum atomic E-state index is 0.311. The molecule has 0 saturated heterocycles. The first-order chi connectivity index (χ1) is 9.35. The molecule has 0 N–H and O–H groups in total. The van der Waals surface area contributed by atoms with E-state index in [9.17, 15) is 0 Å². The summed E-state index contributed by atoms with van der Waals surface area (Å²) in [4.78, 5) is 0. The Labute approximate surface area is 116 Å². The van der Waals surface area contributed by atoms with E-state index in [1.54, 1.807) is 7.11 Å². The molecule has 1 atom stereocenters. The Morgan fingerprint density at radius 2 is 1.32 bits per heavy atom. The molecule has 0 aliphatic carbocycles. The predicted octanol–water partition coefficient (Wildman–Crippen LogP) is 4.63. The molecule has 2 rings (SSSR count). The summed E-state index contributed by atoms with van der Waals surface area (Å²) < 4.78 is 5.57. The number of hydrogen-bond acceptors (Lipinski definition) is 1.